The molecule has 1 aromatic carbocycles. The van der Waals surface area contributed by atoms with Gasteiger partial charge < -0.3 is 9.73 Å². The molecule has 0 atom stereocenters. The second-order valence-corrected chi connectivity index (χ2v) is 7.52. The molecule has 0 unspecified atom stereocenters. The molecule has 2 aromatic rings. The Labute approximate surface area is 162 Å². The van der Waals surface area contributed by atoms with Crippen LogP contribution in [-0.4, -0.2) is 18.0 Å². The molecule has 0 radical (unpaired) electrons. The number of halogens is 2. The highest BCUT2D eigenvalue weighted by Crippen LogP contribution is 2.27. The van der Waals surface area contributed by atoms with Gasteiger partial charge in [0.25, 0.3) is 6.43 Å². The van der Waals surface area contributed by atoms with Gasteiger partial charge in [0.1, 0.15) is 5.76 Å². The van der Waals surface area contributed by atoms with E-state index in [9.17, 15) is 13.6 Å². The molecule has 0 amide bonds. The molecule has 0 aliphatic carbocycles. The van der Waals surface area contributed by atoms with Crippen LogP contribution in [0.2, 0.25) is 0 Å². The topological polar surface area (TPSA) is 45.5 Å². The summed E-state index contributed by atoms with van der Waals surface area (Å²) in [5, 5.41) is 3.26. The van der Waals surface area contributed by atoms with E-state index in [1.165, 1.54) is 23.3 Å². The van der Waals surface area contributed by atoms with E-state index in [4.69, 9.17) is 4.42 Å². The van der Waals surface area contributed by atoms with Crippen molar-refractivity contribution in [1.29, 1.82) is 0 Å². The van der Waals surface area contributed by atoms with Gasteiger partial charge in [-0.05, 0) is 43.0 Å². The second kappa shape index (κ2) is 8.37. The predicted octanol–water partition coefficient (Wildman–Crippen LogP) is 4.11. The third-order valence-corrected chi connectivity index (χ3v) is 5.47. The van der Waals surface area contributed by atoms with Gasteiger partial charge in [-0.1, -0.05) is 36.4 Å². The Morgan fingerprint density at radius 3 is 2.50 bits per heavy atom. The number of rotatable bonds is 5. The van der Waals surface area contributed by atoms with E-state index in [1.54, 1.807) is 0 Å². The zero-order valence-corrected chi connectivity index (χ0v) is 15.7. The van der Waals surface area contributed by atoms with Crippen molar-refractivity contribution in [2.24, 2.45) is 5.92 Å². The molecule has 1 saturated heterocycles. The first kappa shape index (κ1) is 19.0. The van der Waals surface area contributed by atoms with Crippen LogP contribution >= 0.6 is 0 Å². The van der Waals surface area contributed by atoms with Crippen LogP contribution in [0.1, 0.15) is 47.5 Å². The predicted molar refractivity (Wildman–Crippen MR) is 104 cm³/mol. The van der Waals surface area contributed by atoms with Gasteiger partial charge in [0.15, 0.2) is 11.2 Å². The van der Waals surface area contributed by atoms with Crippen molar-refractivity contribution in [3.63, 3.8) is 0 Å². The number of nitrogens with one attached hydrogen (secondary N) is 1. The molecule has 6 heteroatoms. The maximum atomic E-state index is 13.6. The molecule has 28 heavy (non-hydrogen) atoms. The van der Waals surface area contributed by atoms with Crippen molar-refractivity contribution in [3.8, 4) is 0 Å². The fourth-order valence-electron chi connectivity index (χ4n) is 3.98. The summed E-state index contributed by atoms with van der Waals surface area (Å²) in [6, 6.07) is 9.45. The summed E-state index contributed by atoms with van der Waals surface area (Å²) in [6.45, 7) is 3.59. The zero-order valence-electron chi connectivity index (χ0n) is 15.7. The van der Waals surface area contributed by atoms with E-state index in [0.717, 1.165) is 39.0 Å². The number of hydrogen-bond acceptors (Lipinski definition) is 4. The molecule has 3 heterocycles. The van der Waals surface area contributed by atoms with Crippen molar-refractivity contribution >= 4 is 6.08 Å². The third kappa shape index (κ3) is 4.23. The lowest BCUT2D eigenvalue weighted by Crippen LogP contribution is -2.26. The summed E-state index contributed by atoms with van der Waals surface area (Å²) in [7, 11) is 0. The molecular weight excluding hydrogens is 362 g/mol. The second-order valence-electron chi connectivity index (χ2n) is 7.52. The van der Waals surface area contributed by atoms with E-state index < -0.39 is 17.6 Å². The molecule has 2 aliphatic rings. The van der Waals surface area contributed by atoms with Gasteiger partial charge in [-0.3, -0.25) is 9.69 Å². The van der Waals surface area contributed by atoms with Gasteiger partial charge in [0, 0.05) is 19.2 Å². The first-order valence-electron chi connectivity index (χ1n) is 9.73. The van der Waals surface area contributed by atoms with Crippen molar-refractivity contribution in [1.82, 2.24) is 10.2 Å². The smallest absolute Gasteiger partial charge is 0.296 e. The highest BCUT2D eigenvalue weighted by molar-refractivity contribution is 5.51. The maximum absolute atomic E-state index is 13.6. The fourth-order valence-corrected chi connectivity index (χ4v) is 3.98. The summed E-state index contributed by atoms with van der Waals surface area (Å²) >= 11 is 0. The summed E-state index contributed by atoms with van der Waals surface area (Å²) in [5.41, 5.74) is 2.02. The van der Waals surface area contributed by atoms with Crippen LogP contribution < -0.4 is 10.7 Å². The molecule has 1 aromatic heterocycles. The molecule has 1 N–H and O–H groups in total. The first-order chi connectivity index (χ1) is 13.6. The molecule has 4 nitrogen and oxygen atoms in total. The number of piperidine rings is 1. The van der Waals surface area contributed by atoms with Gasteiger partial charge in [-0.2, -0.15) is 0 Å². The SMILES string of the molecule is O=c1cc(CN2Cc3ccccc3C2)oc(C(F)F)c1/C=C/C1CCNCC1. The van der Waals surface area contributed by atoms with Crippen molar-refractivity contribution in [3.05, 3.63) is 74.8 Å². The van der Waals surface area contributed by atoms with Gasteiger partial charge >= 0.3 is 0 Å². The average Bonchev–Trinajstić information content (AvgIpc) is 3.09. The average molecular weight is 386 g/mol. The van der Waals surface area contributed by atoms with Gasteiger partial charge in [0.05, 0.1) is 12.1 Å². The largest absolute Gasteiger partial charge is 0.458 e. The Morgan fingerprint density at radius 2 is 1.86 bits per heavy atom. The lowest BCUT2D eigenvalue weighted by atomic mass is 9.97. The summed E-state index contributed by atoms with van der Waals surface area (Å²) < 4.78 is 32.7. The van der Waals surface area contributed by atoms with Crippen LogP contribution in [0.5, 0.6) is 0 Å². The Bertz CT molecular complexity index is 892. The van der Waals surface area contributed by atoms with E-state index in [2.05, 4.69) is 22.3 Å². The van der Waals surface area contributed by atoms with E-state index in [-0.39, 0.29) is 11.3 Å². The molecule has 1 fully saturated rings. The van der Waals surface area contributed by atoms with Gasteiger partial charge in [-0.25, -0.2) is 8.78 Å². The van der Waals surface area contributed by atoms with Gasteiger partial charge in [0.2, 0.25) is 0 Å². The Morgan fingerprint density at radius 1 is 1.18 bits per heavy atom. The summed E-state index contributed by atoms with van der Waals surface area (Å²) in [4.78, 5) is 14.6. The third-order valence-electron chi connectivity index (χ3n) is 5.47. The monoisotopic (exact) mass is 386 g/mol. The molecule has 2 aliphatic heterocycles. The molecular formula is C22H24F2N2O2. The minimum atomic E-state index is -2.82. The lowest BCUT2D eigenvalue weighted by molar-refractivity contribution is 0.113. The molecule has 4 rings (SSSR count). The summed E-state index contributed by atoms with van der Waals surface area (Å²) in [5.74, 6) is 0.0606. The van der Waals surface area contributed by atoms with Crippen LogP contribution in [0.15, 0.2) is 45.6 Å². The number of hydrogen-bond donors (Lipinski definition) is 1. The Hall–Kier alpha value is -2.31. The molecule has 0 bridgehead atoms. The van der Waals surface area contributed by atoms with E-state index in [0.29, 0.717) is 12.5 Å². The number of alkyl halides is 2. The van der Waals surface area contributed by atoms with E-state index in [1.807, 2.05) is 18.2 Å². The molecule has 0 saturated carbocycles. The number of nitrogens with zero attached hydrogens (tertiary/aromatic N) is 1. The van der Waals surface area contributed by atoms with Gasteiger partial charge in [-0.15, -0.1) is 0 Å². The number of fused-ring (bicyclic) bond motifs is 1. The standard InChI is InChI=1S/C22H24F2N2O2/c23-22(24)21-19(6-5-15-7-9-25-10-8-15)20(27)11-18(28-21)14-26-12-16-3-1-2-4-17(16)13-26/h1-6,11,15,22,25H,7-10,12-14H2/b6-5+. The van der Waals surface area contributed by atoms with Crippen LogP contribution in [-0.2, 0) is 19.6 Å². The van der Waals surface area contributed by atoms with Crippen LogP contribution in [0.25, 0.3) is 6.08 Å². The molecule has 0 spiro atoms. The fraction of sp³-hybridized carbons (Fsp3) is 0.409. The Balaban J connectivity index is 1.53. The van der Waals surface area contributed by atoms with Crippen molar-refractivity contribution < 1.29 is 13.2 Å². The highest BCUT2D eigenvalue weighted by atomic mass is 19.3. The van der Waals surface area contributed by atoms with Crippen LogP contribution in [0, 0.1) is 5.92 Å². The van der Waals surface area contributed by atoms with Crippen molar-refractivity contribution in [2.75, 3.05) is 13.1 Å². The normalized spacial score (nSPS) is 18.2. The number of benzene rings is 1. The lowest BCUT2D eigenvalue weighted by Gasteiger charge is -2.19. The maximum Gasteiger partial charge on any atom is 0.296 e. The summed E-state index contributed by atoms with van der Waals surface area (Å²) in [6.07, 6.45) is 2.46. The minimum Gasteiger partial charge on any atom is -0.458 e. The van der Waals surface area contributed by atoms with Crippen LogP contribution in [0.4, 0.5) is 8.78 Å². The Kier molecular flexibility index (Phi) is 5.69. The van der Waals surface area contributed by atoms with Crippen LogP contribution in [0.3, 0.4) is 0 Å². The molecule has 148 valence electrons. The number of allylic oxidation sites excluding steroid dienone is 1. The van der Waals surface area contributed by atoms with Crippen molar-refractivity contribution in [2.45, 2.75) is 38.9 Å². The zero-order chi connectivity index (χ0) is 19.5. The van der Waals surface area contributed by atoms with E-state index >= 15 is 0 Å². The quantitative estimate of drug-likeness (QED) is 0.840. The minimum absolute atomic E-state index is 0.0259. The highest BCUT2D eigenvalue weighted by Gasteiger charge is 2.23. The first-order valence-corrected chi connectivity index (χ1v) is 9.73.